The van der Waals surface area contributed by atoms with Gasteiger partial charge in [-0.1, -0.05) is 12.1 Å². The molecule has 10 heteroatoms. The van der Waals surface area contributed by atoms with E-state index in [1.54, 1.807) is 35.3 Å². The van der Waals surface area contributed by atoms with Crippen molar-refractivity contribution in [3.05, 3.63) is 102 Å². The van der Waals surface area contributed by atoms with Gasteiger partial charge in [-0.05, 0) is 48.0 Å². The normalized spacial score (nSPS) is 11.2. The number of hydrogen-bond donors (Lipinski definition) is 2. The maximum absolute atomic E-state index is 13.6. The van der Waals surface area contributed by atoms with Crippen LogP contribution in [0.5, 0.6) is 0 Å². The zero-order valence-electron chi connectivity index (χ0n) is 17.0. The zero-order chi connectivity index (χ0) is 23.4. The number of carbonyl (C=O) groups is 2. The van der Waals surface area contributed by atoms with E-state index in [1.807, 2.05) is 0 Å². The topological polar surface area (TPSA) is 89.2 Å². The van der Waals surface area contributed by atoms with Gasteiger partial charge < -0.3 is 15.1 Å². The summed E-state index contributed by atoms with van der Waals surface area (Å²) in [5, 5.41) is 8.77. The fraction of sp³-hybridized carbons (Fsp3) is 0.0870. The SMILES string of the molecule is O=C(Nc1ccc(NC(=O)c2ccc(Cn3cccn3)cc2)c(C(F)(F)F)c1)c1ccoc1. The van der Waals surface area contributed by atoms with Crippen LogP contribution < -0.4 is 10.6 Å². The molecule has 0 saturated carbocycles. The van der Waals surface area contributed by atoms with E-state index in [9.17, 15) is 22.8 Å². The van der Waals surface area contributed by atoms with E-state index in [-0.39, 0.29) is 16.8 Å². The van der Waals surface area contributed by atoms with E-state index in [0.717, 1.165) is 17.7 Å². The molecule has 2 amide bonds. The fourth-order valence-electron chi connectivity index (χ4n) is 3.10. The minimum Gasteiger partial charge on any atom is -0.472 e. The standard InChI is InChI=1S/C23H17F3N4O3/c24-23(25,26)19-12-18(28-22(32)17-8-11-33-14-17)6-7-20(19)29-21(31)16-4-2-15(3-5-16)13-30-10-1-9-27-30/h1-12,14H,13H2,(H,28,32)(H,29,31). The molecule has 4 aromatic rings. The van der Waals surface area contributed by atoms with Crippen LogP contribution in [0.25, 0.3) is 0 Å². The summed E-state index contributed by atoms with van der Waals surface area (Å²) in [7, 11) is 0. The molecule has 0 atom stereocenters. The van der Waals surface area contributed by atoms with Crippen molar-refractivity contribution in [2.45, 2.75) is 12.7 Å². The number of amides is 2. The summed E-state index contributed by atoms with van der Waals surface area (Å²) < 4.78 is 47.4. The van der Waals surface area contributed by atoms with Gasteiger partial charge in [0.05, 0.1) is 29.6 Å². The van der Waals surface area contributed by atoms with Crippen molar-refractivity contribution in [1.82, 2.24) is 9.78 Å². The number of nitrogens with zero attached hydrogens (tertiary/aromatic N) is 2. The van der Waals surface area contributed by atoms with Gasteiger partial charge in [0.15, 0.2) is 0 Å². The molecule has 4 rings (SSSR count). The summed E-state index contributed by atoms with van der Waals surface area (Å²) in [4.78, 5) is 24.6. The van der Waals surface area contributed by atoms with Crippen molar-refractivity contribution < 1.29 is 27.2 Å². The van der Waals surface area contributed by atoms with Crippen LogP contribution in [0.1, 0.15) is 31.8 Å². The van der Waals surface area contributed by atoms with Crippen LogP contribution in [0, 0.1) is 0 Å². The highest BCUT2D eigenvalue weighted by Crippen LogP contribution is 2.37. The monoisotopic (exact) mass is 454 g/mol. The number of aromatic nitrogens is 2. The van der Waals surface area contributed by atoms with Crippen molar-refractivity contribution in [3.8, 4) is 0 Å². The minimum atomic E-state index is -4.76. The Hall–Kier alpha value is -4.34. The summed E-state index contributed by atoms with van der Waals surface area (Å²) in [6.07, 6.45) is 1.13. The average Bonchev–Trinajstić information content (AvgIpc) is 3.49. The maximum atomic E-state index is 13.6. The van der Waals surface area contributed by atoms with Crippen LogP contribution in [0.4, 0.5) is 24.5 Å². The fourth-order valence-corrected chi connectivity index (χ4v) is 3.10. The first-order chi connectivity index (χ1) is 15.8. The molecular weight excluding hydrogens is 437 g/mol. The Bertz CT molecular complexity index is 1250. The van der Waals surface area contributed by atoms with Gasteiger partial charge in [-0.15, -0.1) is 0 Å². The molecule has 2 aromatic heterocycles. The third-order valence-corrected chi connectivity index (χ3v) is 4.73. The van der Waals surface area contributed by atoms with Gasteiger partial charge in [-0.2, -0.15) is 18.3 Å². The number of nitrogens with one attached hydrogen (secondary N) is 2. The number of alkyl halides is 3. The highest BCUT2D eigenvalue weighted by molar-refractivity contribution is 6.06. The van der Waals surface area contributed by atoms with Gasteiger partial charge in [0.1, 0.15) is 6.26 Å². The number of rotatable bonds is 6. The smallest absolute Gasteiger partial charge is 0.418 e. The molecule has 0 aliphatic carbocycles. The van der Waals surface area contributed by atoms with Gasteiger partial charge in [0, 0.05) is 23.6 Å². The highest BCUT2D eigenvalue weighted by atomic mass is 19.4. The molecule has 7 nitrogen and oxygen atoms in total. The lowest BCUT2D eigenvalue weighted by Crippen LogP contribution is -2.18. The molecule has 0 spiro atoms. The van der Waals surface area contributed by atoms with Crippen molar-refractivity contribution >= 4 is 23.2 Å². The first-order valence-corrected chi connectivity index (χ1v) is 9.72. The summed E-state index contributed by atoms with van der Waals surface area (Å²) in [6, 6.07) is 12.8. The van der Waals surface area contributed by atoms with Gasteiger partial charge in [0.25, 0.3) is 11.8 Å². The number of carbonyl (C=O) groups excluding carboxylic acids is 2. The van der Waals surface area contributed by atoms with Crippen molar-refractivity contribution in [1.29, 1.82) is 0 Å². The molecule has 2 heterocycles. The zero-order valence-corrected chi connectivity index (χ0v) is 17.0. The molecule has 2 aromatic carbocycles. The molecule has 0 aliphatic rings. The second-order valence-corrected chi connectivity index (χ2v) is 7.08. The lowest BCUT2D eigenvalue weighted by Gasteiger charge is -2.16. The number of benzene rings is 2. The van der Waals surface area contributed by atoms with E-state index in [4.69, 9.17) is 4.42 Å². The lowest BCUT2D eigenvalue weighted by atomic mass is 10.1. The van der Waals surface area contributed by atoms with Crippen LogP contribution in [-0.4, -0.2) is 21.6 Å². The summed E-state index contributed by atoms with van der Waals surface area (Å²) in [6.45, 7) is 0.499. The minimum absolute atomic E-state index is 0.0745. The Balaban J connectivity index is 1.50. The first kappa shape index (κ1) is 21.9. The van der Waals surface area contributed by atoms with Crippen LogP contribution in [0.2, 0.25) is 0 Å². The quantitative estimate of drug-likeness (QED) is 0.427. The molecule has 0 radical (unpaired) electrons. The molecule has 0 saturated heterocycles. The van der Waals surface area contributed by atoms with Crippen LogP contribution in [-0.2, 0) is 12.7 Å². The van der Waals surface area contributed by atoms with Gasteiger partial charge in [0.2, 0.25) is 0 Å². The van der Waals surface area contributed by atoms with Crippen LogP contribution >= 0.6 is 0 Å². The molecular formula is C23H17F3N4O3. The molecule has 168 valence electrons. The van der Waals surface area contributed by atoms with Crippen molar-refractivity contribution in [3.63, 3.8) is 0 Å². The number of anilines is 2. The Morgan fingerprint density at radius 3 is 2.36 bits per heavy atom. The molecule has 0 aliphatic heterocycles. The highest BCUT2D eigenvalue weighted by Gasteiger charge is 2.34. The van der Waals surface area contributed by atoms with E-state index >= 15 is 0 Å². The molecule has 0 unspecified atom stereocenters. The Labute approximate surface area is 185 Å². The first-order valence-electron chi connectivity index (χ1n) is 9.72. The summed E-state index contributed by atoms with van der Waals surface area (Å²) in [5.74, 6) is -1.31. The van der Waals surface area contributed by atoms with E-state index in [2.05, 4.69) is 15.7 Å². The van der Waals surface area contributed by atoms with Crippen LogP contribution in [0.3, 0.4) is 0 Å². The molecule has 2 N–H and O–H groups in total. The molecule has 33 heavy (non-hydrogen) atoms. The van der Waals surface area contributed by atoms with E-state index < -0.39 is 29.2 Å². The van der Waals surface area contributed by atoms with Gasteiger partial charge in [-0.25, -0.2) is 0 Å². The second-order valence-electron chi connectivity index (χ2n) is 7.08. The second kappa shape index (κ2) is 9.03. The van der Waals surface area contributed by atoms with Gasteiger partial charge >= 0.3 is 6.18 Å². The van der Waals surface area contributed by atoms with E-state index in [0.29, 0.717) is 6.54 Å². The molecule has 0 fully saturated rings. The van der Waals surface area contributed by atoms with E-state index in [1.165, 1.54) is 36.8 Å². The third-order valence-electron chi connectivity index (χ3n) is 4.73. The third kappa shape index (κ3) is 5.29. The number of hydrogen-bond acceptors (Lipinski definition) is 4. The van der Waals surface area contributed by atoms with Gasteiger partial charge in [-0.3, -0.25) is 14.3 Å². The molecule has 0 bridgehead atoms. The Morgan fingerprint density at radius 2 is 1.73 bits per heavy atom. The average molecular weight is 454 g/mol. The van der Waals surface area contributed by atoms with Crippen molar-refractivity contribution in [2.75, 3.05) is 10.6 Å². The summed E-state index contributed by atoms with van der Waals surface area (Å²) >= 11 is 0. The largest absolute Gasteiger partial charge is 0.472 e. The summed E-state index contributed by atoms with van der Waals surface area (Å²) in [5.41, 5.74) is -0.342. The Morgan fingerprint density at radius 1 is 0.970 bits per heavy atom. The maximum Gasteiger partial charge on any atom is 0.418 e. The number of halogens is 3. The van der Waals surface area contributed by atoms with Crippen LogP contribution in [0.15, 0.2) is 83.9 Å². The number of furan rings is 1. The lowest BCUT2D eigenvalue weighted by molar-refractivity contribution is -0.136. The Kier molecular flexibility index (Phi) is 5.99. The predicted molar refractivity (Wildman–Crippen MR) is 114 cm³/mol. The van der Waals surface area contributed by atoms with Crippen molar-refractivity contribution in [2.24, 2.45) is 0 Å². The predicted octanol–water partition coefficient (Wildman–Crippen LogP) is 5.05.